The molecule has 2 nitrogen and oxygen atoms in total. The van der Waals surface area contributed by atoms with Gasteiger partial charge in [-0.3, -0.25) is 4.79 Å². The Morgan fingerprint density at radius 2 is 2.28 bits per heavy atom. The summed E-state index contributed by atoms with van der Waals surface area (Å²) in [5.74, 6) is 0.812. The SMILES string of the molecule is O=C(c1csc(Br)c1)c1cccc2c1OCCC2. The topological polar surface area (TPSA) is 26.3 Å². The molecule has 0 saturated carbocycles. The fraction of sp³-hybridized carbons (Fsp3) is 0.214. The summed E-state index contributed by atoms with van der Waals surface area (Å²) in [5.41, 5.74) is 2.54. The van der Waals surface area contributed by atoms with Crippen LogP contribution < -0.4 is 4.74 Å². The van der Waals surface area contributed by atoms with E-state index in [1.54, 1.807) is 0 Å². The van der Waals surface area contributed by atoms with Crippen molar-refractivity contribution < 1.29 is 9.53 Å². The van der Waals surface area contributed by atoms with E-state index >= 15 is 0 Å². The number of benzene rings is 1. The van der Waals surface area contributed by atoms with Crippen LogP contribution in [0.5, 0.6) is 5.75 Å². The maximum absolute atomic E-state index is 12.4. The van der Waals surface area contributed by atoms with Gasteiger partial charge in [-0.2, -0.15) is 0 Å². The Bertz CT molecular complexity index is 604. The lowest BCUT2D eigenvalue weighted by Gasteiger charge is -2.19. The molecule has 1 aromatic heterocycles. The average Bonchev–Trinajstić information content (AvgIpc) is 2.84. The number of rotatable bonds is 2. The number of thiophene rings is 1. The molecule has 4 heteroatoms. The molecule has 0 aliphatic carbocycles. The van der Waals surface area contributed by atoms with E-state index in [1.165, 1.54) is 11.3 Å². The molecule has 0 bridgehead atoms. The molecule has 18 heavy (non-hydrogen) atoms. The highest BCUT2D eigenvalue weighted by atomic mass is 79.9. The molecule has 0 spiro atoms. The second-order valence-electron chi connectivity index (χ2n) is 4.21. The number of hydrogen-bond acceptors (Lipinski definition) is 3. The zero-order valence-corrected chi connectivity index (χ0v) is 12.0. The molecular weight excluding hydrogens is 312 g/mol. The van der Waals surface area contributed by atoms with E-state index in [0.29, 0.717) is 12.2 Å². The fourth-order valence-corrected chi connectivity index (χ4v) is 3.29. The molecule has 0 radical (unpaired) electrons. The van der Waals surface area contributed by atoms with Gasteiger partial charge in [0.1, 0.15) is 5.75 Å². The first kappa shape index (κ1) is 11.9. The van der Waals surface area contributed by atoms with Crippen LogP contribution in [0.4, 0.5) is 0 Å². The summed E-state index contributed by atoms with van der Waals surface area (Å²) in [6.07, 6.45) is 2.01. The highest BCUT2D eigenvalue weighted by Crippen LogP contribution is 2.32. The number of ether oxygens (including phenoxy) is 1. The number of carbonyl (C=O) groups is 1. The van der Waals surface area contributed by atoms with Gasteiger partial charge in [0, 0.05) is 10.9 Å². The van der Waals surface area contributed by atoms with Crippen molar-refractivity contribution in [1.29, 1.82) is 0 Å². The van der Waals surface area contributed by atoms with Crippen LogP contribution in [0, 0.1) is 0 Å². The summed E-state index contributed by atoms with van der Waals surface area (Å²) in [7, 11) is 0. The van der Waals surface area contributed by atoms with E-state index in [-0.39, 0.29) is 5.78 Å². The maximum atomic E-state index is 12.4. The van der Waals surface area contributed by atoms with Crippen LogP contribution in [0.2, 0.25) is 0 Å². The van der Waals surface area contributed by atoms with E-state index < -0.39 is 0 Å². The van der Waals surface area contributed by atoms with Crippen LogP contribution in [0.15, 0.2) is 33.4 Å². The molecular formula is C14H11BrO2S. The van der Waals surface area contributed by atoms with Gasteiger partial charge in [0.05, 0.1) is 16.0 Å². The monoisotopic (exact) mass is 322 g/mol. The van der Waals surface area contributed by atoms with Crippen molar-refractivity contribution in [3.63, 3.8) is 0 Å². The molecule has 2 aromatic rings. The third-order valence-electron chi connectivity index (χ3n) is 3.01. The zero-order valence-electron chi connectivity index (χ0n) is 9.61. The van der Waals surface area contributed by atoms with Gasteiger partial charge in [-0.1, -0.05) is 12.1 Å². The predicted octanol–water partition coefficient (Wildman–Crippen LogP) is 4.07. The highest BCUT2D eigenvalue weighted by Gasteiger charge is 2.20. The van der Waals surface area contributed by atoms with Gasteiger partial charge in [-0.15, -0.1) is 11.3 Å². The quantitative estimate of drug-likeness (QED) is 0.779. The van der Waals surface area contributed by atoms with Crippen LogP contribution in [0.25, 0.3) is 0 Å². The van der Waals surface area contributed by atoms with Gasteiger partial charge in [0.2, 0.25) is 0 Å². The lowest BCUT2D eigenvalue weighted by Crippen LogP contribution is -2.13. The van der Waals surface area contributed by atoms with Gasteiger partial charge in [0.25, 0.3) is 0 Å². The van der Waals surface area contributed by atoms with Crippen molar-refractivity contribution in [1.82, 2.24) is 0 Å². The van der Waals surface area contributed by atoms with Crippen molar-refractivity contribution in [2.75, 3.05) is 6.61 Å². The van der Waals surface area contributed by atoms with Crippen molar-refractivity contribution in [2.24, 2.45) is 0 Å². The largest absolute Gasteiger partial charge is 0.493 e. The van der Waals surface area contributed by atoms with Gasteiger partial charge in [-0.05, 0) is 46.5 Å². The van der Waals surface area contributed by atoms with Crippen LogP contribution >= 0.6 is 27.3 Å². The predicted molar refractivity (Wildman–Crippen MR) is 75.7 cm³/mol. The first-order valence-electron chi connectivity index (χ1n) is 5.79. The molecule has 0 fully saturated rings. The van der Waals surface area contributed by atoms with E-state index in [9.17, 15) is 4.79 Å². The summed E-state index contributed by atoms with van der Waals surface area (Å²) in [5, 5.41) is 1.87. The third kappa shape index (κ3) is 2.10. The Morgan fingerprint density at radius 3 is 3.06 bits per heavy atom. The van der Waals surface area contributed by atoms with Crippen LogP contribution in [-0.2, 0) is 6.42 Å². The normalized spacial score (nSPS) is 13.8. The maximum Gasteiger partial charge on any atom is 0.197 e. The highest BCUT2D eigenvalue weighted by molar-refractivity contribution is 9.11. The van der Waals surface area contributed by atoms with Crippen molar-refractivity contribution in [3.05, 3.63) is 50.1 Å². The van der Waals surface area contributed by atoms with Crippen molar-refractivity contribution in [2.45, 2.75) is 12.8 Å². The minimum absolute atomic E-state index is 0.0377. The molecule has 0 amide bonds. The van der Waals surface area contributed by atoms with Crippen molar-refractivity contribution in [3.8, 4) is 5.75 Å². The number of halogens is 1. The van der Waals surface area contributed by atoms with Crippen LogP contribution in [0.1, 0.15) is 27.9 Å². The number of aryl methyl sites for hydroxylation is 1. The summed E-state index contributed by atoms with van der Waals surface area (Å²) in [6, 6.07) is 7.67. The van der Waals surface area contributed by atoms with Gasteiger partial charge in [0.15, 0.2) is 5.78 Å². The number of carbonyl (C=O) groups excluding carboxylic acids is 1. The third-order valence-corrected chi connectivity index (χ3v) is 4.51. The van der Waals surface area contributed by atoms with Crippen molar-refractivity contribution >= 4 is 33.0 Å². The summed E-state index contributed by atoms with van der Waals surface area (Å²) in [6.45, 7) is 0.699. The van der Waals surface area contributed by atoms with Gasteiger partial charge in [-0.25, -0.2) is 0 Å². The Kier molecular flexibility index (Phi) is 3.22. The first-order valence-corrected chi connectivity index (χ1v) is 7.46. The second-order valence-corrected chi connectivity index (χ2v) is 6.50. The van der Waals surface area contributed by atoms with Crippen LogP contribution in [-0.4, -0.2) is 12.4 Å². The summed E-state index contributed by atoms with van der Waals surface area (Å²) >= 11 is 4.90. The summed E-state index contributed by atoms with van der Waals surface area (Å²) < 4.78 is 6.64. The molecule has 3 rings (SSSR count). The lowest BCUT2D eigenvalue weighted by molar-refractivity contribution is 0.103. The summed E-state index contributed by atoms with van der Waals surface area (Å²) in [4.78, 5) is 12.4. The van der Waals surface area contributed by atoms with Gasteiger partial charge < -0.3 is 4.74 Å². The molecule has 0 saturated heterocycles. The molecule has 0 N–H and O–H groups in total. The van der Waals surface area contributed by atoms with E-state index in [2.05, 4.69) is 15.9 Å². The Hall–Kier alpha value is -1.13. The number of para-hydroxylation sites is 1. The molecule has 1 aliphatic rings. The van der Waals surface area contributed by atoms with E-state index in [0.717, 1.165) is 33.5 Å². The smallest absolute Gasteiger partial charge is 0.197 e. The molecule has 0 unspecified atom stereocenters. The molecule has 92 valence electrons. The average molecular weight is 323 g/mol. The standard InChI is InChI=1S/C14H11BrO2S/c15-12-7-10(8-18-12)13(16)11-5-1-3-9-4-2-6-17-14(9)11/h1,3,5,7-8H,2,4,6H2. The zero-order chi connectivity index (χ0) is 12.5. The van der Waals surface area contributed by atoms with Crippen LogP contribution in [0.3, 0.4) is 0 Å². The molecule has 2 heterocycles. The Balaban J connectivity index is 2.04. The molecule has 1 aliphatic heterocycles. The Labute approximate surface area is 118 Å². The molecule has 0 atom stereocenters. The van der Waals surface area contributed by atoms with E-state index in [4.69, 9.17) is 4.74 Å². The Morgan fingerprint density at radius 1 is 1.39 bits per heavy atom. The number of ketones is 1. The van der Waals surface area contributed by atoms with E-state index in [1.807, 2.05) is 29.6 Å². The number of hydrogen-bond donors (Lipinski definition) is 0. The molecule has 1 aromatic carbocycles. The van der Waals surface area contributed by atoms with Gasteiger partial charge >= 0.3 is 0 Å². The lowest BCUT2D eigenvalue weighted by atomic mass is 9.98. The minimum Gasteiger partial charge on any atom is -0.493 e. The second kappa shape index (κ2) is 4.86. The minimum atomic E-state index is 0.0377. The first-order chi connectivity index (χ1) is 8.75. The number of fused-ring (bicyclic) bond motifs is 1. The fourth-order valence-electron chi connectivity index (χ4n) is 2.15.